The molecule has 4 saturated carbocycles. The molecule has 34 heavy (non-hydrogen) atoms. The average molecular weight is 473 g/mol. The van der Waals surface area contributed by atoms with Crippen molar-refractivity contribution in [3.63, 3.8) is 0 Å². The van der Waals surface area contributed by atoms with Crippen LogP contribution in [-0.4, -0.2) is 33.0 Å². The van der Waals surface area contributed by atoms with Crippen molar-refractivity contribution < 1.29 is 20.1 Å². The summed E-state index contributed by atoms with van der Waals surface area (Å²) in [5.74, 6) is 0.223. The van der Waals surface area contributed by atoms with Crippen LogP contribution in [0.3, 0.4) is 0 Å². The average Bonchev–Trinajstić information content (AvgIpc) is 2.74. The van der Waals surface area contributed by atoms with Crippen LogP contribution in [-0.2, 0) is 4.79 Å². The van der Waals surface area contributed by atoms with Crippen molar-refractivity contribution in [2.45, 2.75) is 118 Å². The van der Waals surface area contributed by atoms with Gasteiger partial charge in [-0.05, 0) is 104 Å². The minimum Gasteiger partial charge on any atom is -0.481 e. The van der Waals surface area contributed by atoms with E-state index in [0.717, 1.165) is 38.5 Å². The SMILES string of the molecule is C[C@@H]1[C@H]2C3=CC[C@@H]4[C@@]5(C)CC[C@H](O)C(C)(C)[C@@H]5CC[C@@]4(C)[C@]3(C)CC[C@@]2(C(=O)O)CC[C@]1(C)O. The van der Waals surface area contributed by atoms with Crippen LogP contribution < -0.4 is 0 Å². The number of fused-ring (bicyclic) bond motifs is 7. The van der Waals surface area contributed by atoms with Gasteiger partial charge >= 0.3 is 5.97 Å². The minimum absolute atomic E-state index is 0.0462. The molecule has 5 rings (SSSR count). The van der Waals surface area contributed by atoms with Gasteiger partial charge in [-0.25, -0.2) is 0 Å². The Morgan fingerprint density at radius 1 is 0.912 bits per heavy atom. The van der Waals surface area contributed by atoms with Gasteiger partial charge in [0.25, 0.3) is 0 Å². The summed E-state index contributed by atoms with van der Waals surface area (Å²) in [5.41, 5.74) is -0.0392. The van der Waals surface area contributed by atoms with E-state index in [9.17, 15) is 20.1 Å². The lowest BCUT2D eigenvalue weighted by atomic mass is 9.33. The molecule has 0 heterocycles. The van der Waals surface area contributed by atoms with Gasteiger partial charge in [0.05, 0.1) is 17.1 Å². The minimum atomic E-state index is -0.826. The van der Waals surface area contributed by atoms with E-state index >= 15 is 0 Å². The number of hydrogen-bond donors (Lipinski definition) is 3. The van der Waals surface area contributed by atoms with Crippen LogP contribution in [0.5, 0.6) is 0 Å². The Hall–Kier alpha value is -0.870. The predicted octanol–water partition coefficient (Wildman–Crippen LogP) is 6.20. The molecular formula is C30H48O4. The normalized spacial score (nSPS) is 56.3. The molecule has 4 fully saturated rings. The van der Waals surface area contributed by atoms with Gasteiger partial charge in [-0.2, -0.15) is 0 Å². The molecule has 0 aromatic carbocycles. The lowest BCUT2D eigenvalue weighted by molar-refractivity contribution is -0.211. The summed E-state index contributed by atoms with van der Waals surface area (Å²) in [6.45, 7) is 16.1. The van der Waals surface area contributed by atoms with Crippen molar-refractivity contribution in [1.29, 1.82) is 0 Å². The molecule has 4 heteroatoms. The topological polar surface area (TPSA) is 77.8 Å². The van der Waals surface area contributed by atoms with Gasteiger partial charge in [0.2, 0.25) is 0 Å². The molecule has 0 aromatic heterocycles. The summed E-state index contributed by atoms with van der Waals surface area (Å²) in [6.07, 6.45) is 10.2. The van der Waals surface area contributed by atoms with E-state index in [4.69, 9.17) is 0 Å². The smallest absolute Gasteiger partial charge is 0.310 e. The van der Waals surface area contributed by atoms with Gasteiger partial charge in [-0.15, -0.1) is 0 Å². The number of hydrogen-bond acceptors (Lipinski definition) is 3. The molecule has 0 unspecified atom stereocenters. The Labute approximate surface area is 206 Å². The first kappa shape index (κ1) is 24.8. The van der Waals surface area contributed by atoms with Crippen molar-refractivity contribution in [3.05, 3.63) is 11.6 Å². The zero-order valence-corrected chi connectivity index (χ0v) is 22.6. The van der Waals surface area contributed by atoms with Crippen LogP contribution in [0.1, 0.15) is 106 Å². The summed E-state index contributed by atoms with van der Waals surface area (Å²) >= 11 is 0. The van der Waals surface area contributed by atoms with Crippen LogP contribution >= 0.6 is 0 Å². The van der Waals surface area contributed by atoms with E-state index in [0.29, 0.717) is 31.1 Å². The number of carboxylic acids is 1. The number of carboxylic acid groups (broad SMARTS) is 1. The summed E-state index contributed by atoms with van der Waals surface area (Å²) in [4.78, 5) is 12.8. The van der Waals surface area contributed by atoms with E-state index in [1.54, 1.807) is 0 Å². The van der Waals surface area contributed by atoms with Crippen molar-refractivity contribution in [1.82, 2.24) is 0 Å². The maximum absolute atomic E-state index is 12.8. The van der Waals surface area contributed by atoms with Crippen LogP contribution in [0.15, 0.2) is 11.6 Å². The van der Waals surface area contributed by atoms with Crippen LogP contribution in [0.2, 0.25) is 0 Å². The molecule has 0 saturated heterocycles. The Kier molecular flexibility index (Phi) is 5.20. The molecule has 0 spiro atoms. The number of allylic oxidation sites excluding steroid dienone is 2. The number of rotatable bonds is 1. The maximum Gasteiger partial charge on any atom is 0.310 e. The molecule has 3 N–H and O–H groups in total. The second-order valence-corrected chi connectivity index (χ2v) is 14.8. The van der Waals surface area contributed by atoms with Crippen LogP contribution in [0.4, 0.5) is 0 Å². The van der Waals surface area contributed by atoms with E-state index in [2.05, 4.69) is 47.6 Å². The third-order valence-electron chi connectivity index (χ3n) is 13.5. The van der Waals surface area contributed by atoms with Crippen molar-refractivity contribution in [2.24, 2.45) is 50.7 Å². The van der Waals surface area contributed by atoms with Gasteiger partial charge in [0.1, 0.15) is 0 Å². The number of aliphatic hydroxyl groups excluding tert-OH is 1. The fourth-order valence-corrected chi connectivity index (χ4v) is 10.8. The maximum atomic E-state index is 12.8. The molecule has 192 valence electrons. The molecule has 0 bridgehead atoms. The van der Waals surface area contributed by atoms with Gasteiger partial charge < -0.3 is 15.3 Å². The van der Waals surface area contributed by atoms with Crippen LogP contribution in [0.25, 0.3) is 0 Å². The molecule has 0 amide bonds. The molecule has 0 radical (unpaired) electrons. The lowest BCUT2D eigenvalue weighted by Crippen LogP contribution is -2.66. The molecule has 5 aliphatic rings. The summed E-state index contributed by atoms with van der Waals surface area (Å²) in [5, 5.41) is 32.7. The molecule has 10 atom stereocenters. The zero-order chi connectivity index (χ0) is 25.1. The first-order valence-electron chi connectivity index (χ1n) is 13.9. The van der Waals surface area contributed by atoms with E-state index in [1.807, 2.05) is 6.92 Å². The summed E-state index contributed by atoms with van der Waals surface area (Å²) in [6, 6.07) is 0. The van der Waals surface area contributed by atoms with E-state index in [1.165, 1.54) is 5.57 Å². The molecule has 0 aliphatic heterocycles. The lowest BCUT2D eigenvalue weighted by Gasteiger charge is -2.71. The quantitative estimate of drug-likeness (QED) is 0.397. The van der Waals surface area contributed by atoms with Gasteiger partial charge in [-0.1, -0.05) is 53.2 Å². The number of aliphatic carboxylic acids is 1. The Morgan fingerprint density at radius 2 is 1.56 bits per heavy atom. The Morgan fingerprint density at radius 3 is 2.21 bits per heavy atom. The van der Waals surface area contributed by atoms with Crippen molar-refractivity contribution in [2.75, 3.05) is 0 Å². The largest absolute Gasteiger partial charge is 0.481 e. The second kappa shape index (κ2) is 7.12. The standard InChI is InChI=1S/C30H48O4/c1-18-23-19-8-9-21-26(4)12-11-22(31)25(2,3)20(26)10-13-28(21,6)27(19,5)14-16-30(23,24(32)33)17-15-29(18,7)34/h8,18,20-23,31,34H,9-17H2,1-7H3,(H,32,33)/t18-,20+,21-,22+,23+,26+,27-,28-,29+,30-/m1/s1. The van der Waals surface area contributed by atoms with E-state index < -0.39 is 17.0 Å². The number of carbonyl (C=O) groups is 1. The first-order chi connectivity index (χ1) is 15.6. The Bertz CT molecular complexity index is 919. The van der Waals surface area contributed by atoms with E-state index in [-0.39, 0.29) is 39.6 Å². The van der Waals surface area contributed by atoms with Crippen LogP contribution in [0, 0.1) is 50.7 Å². The summed E-state index contributed by atoms with van der Waals surface area (Å²) in [7, 11) is 0. The monoisotopic (exact) mass is 472 g/mol. The molecular weight excluding hydrogens is 424 g/mol. The van der Waals surface area contributed by atoms with Gasteiger partial charge in [-0.3, -0.25) is 4.79 Å². The molecule has 0 aromatic rings. The Balaban J connectivity index is 1.62. The fourth-order valence-electron chi connectivity index (χ4n) is 10.8. The molecule has 5 aliphatic carbocycles. The van der Waals surface area contributed by atoms with Gasteiger partial charge in [0, 0.05) is 5.92 Å². The number of aliphatic hydroxyl groups is 2. The fraction of sp³-hybridized carbons (Fsp3) is 0.900. The first-order valence-corrected chi connectivity index (χ1v) is 13.9. The van der Waals surface area contributed by atoms with Crippen molar-refractivity contribution >= 4 is 5.97 Å². The highest BCUT2D eigenvalue weighted by molar-refractivity contribution is 5.77. The highest BCUT2D eigenvalue weighted by Crippen LogP contribution is 2.75. The summed E-state index contributed by atoms with van der Waals surface area (Å²) < 4.78 is 0. The highest BCUT2D eigenvalue weighted by atomic mass is 16.4. The zero-order valence-electron chi connectivity index (χ0n) is 22.6. The third-order valence-corrected chi connectivity index (χ3v) is 13.5. The highest BCUT2D eigenvalue weighted by Gasteiger charge is 2.70. The van der Waals surface area contributed by atoms with Gasteiger partial charge in [0.15, 0.2) is 0 Å². The second-order valence-electron chi connectivity index (χ2n) is 14.8. The molecule has 4 nitrogen and oxygen atoms in total. The predicted molar refractivity (Wildman–Crippen MR) is 134 cm³/mol. The van der Waals surface area contributed by atoms with Crippen molar-refractivity contribution in [3.8, 4) is 0 Å². The third kappa shape index (κ3) is 2.76.